The van der Waals surface area contributed by atoms with Crippen LogP contribution in [0, 0.1) is 12.8 Å². The predicted octanol–water partition coefficient (Wildman–Crippen LogP) is 2.97. The van der Waals surface area contributed by atoms with Gasteiger partial charge in [-0.05, 0) is 31.4 Å². The number of carbonyl (C=O) groups is 2. The fourth-order valence-electron chi connectivity index (χ4n) is 2.04. The monoisotopic (exact) mass is 330 g/mol. The lowest BCUT2D eigenvalue weighted by Gasteiger charge is -2.07. The molecule has 24 heavy (non-hydrogen) atoms. The lowest BCUT2D eigenvalue weighted by atomic mass is 10.1. The van der Waals surface area contributed by atoms with Crippen molar-refractivity contribution in [2.75, 3.05) is 13.2 Å². The minimum atomic E-state index is -0.669. The minimum absolute atomic E-state index is 0.0869. The van der Waals surface area contributed by atoms with Crippen molar-refractivity contribution in [1.29, 1.82) is 0 Å². The molecule has 2 rings (SSSR count). The zero-order valence-electron chi connectivity index (χ0n) is 14.2. The van der Waals surface area contributed by atoms with Gasteiger partial charge in [-0.3, -0.25) is 4.79 Å². The van der Waals surface area contributed by atoms with Gasteiger partial charge in [-0.2, -0.15) is 0 Å². The maximum absolute atomic E-state index is 12.1. The Morgan fingerprint density at radius 2 is 1.96 bits per heavy atom. The number of nitrogens with one attached hydrogen (secondary N) is 1. The summed E-state index contributed by atoms with van der Waals surface area (Å²) in [7, 11) is 0. The molecule has 0 atom stereocenters. The molecule has 0 unspecified atom stereocenters. The predicted molar refractivity (Wildman–Crippen MR) is 89.4 cm³/mol. The van der Waals surface area contributed by atoms with Gasteiger partial charge in [-0.15, -0.1) is 0 Å². The van der Waals surface area contributed by atoms with Gasteiger partial charge in [0.1, 0.15) is 5.76 Å². The van der Waals surface area contributed by atoms with E-state index in [4.69, 9.17) is 9.15 Å². The number of hydrogen-bond acceptors (Lipinski definition) is 5. The molecule has 1 heterocycles. The van der Waals surface area contributed by atoms with E-state index in [-0.39, 0.29) is 18.2 Å². The molecule has 128 valence electrons. The molecule has 1 aromatic heterocycles. The molecule has 6 heteroatoms. The van der Waals surface area contributed by atoms with E-state index in [0.29, 0.717) is 24.1 Å². The van der Waals surface area contributed by atoms with E-state index in [0.717, 1.165) is 12.0 Å². The third-order valence-electron chi connectivity index (χ3n) is 3.39. The van der Waals surface area contributed by atoms with Crippen molar-refractivity contribution in [3.63, 3.8) is 0 Å². The first kappa shape index (κ1) is 17.7. The number of carbonyl (C=O) groups excluding carboxylic acids is 2. The average molecular weight is 330 g/mol. The molecule has 0 aliphatic carbocycles. The Morgan fingerprint density at radius 1 is 1.25 bits per heavy atom. The third-order valence-corrected chi connectivity index (χ3v) is 3.39. The van der Waals surface area contributed by atoms with Gasteiger partial charge in [0, 0.05) is 12.1 Å². The van der Waals surface area contributed by atoms with Gasteiger partial charge in [0.2, 0.25) is 5.89 Å². The number of rotatable bonds is 7. The normalized spacial score (nSPS) is 10.7. The van der Waals surface area contributed by atoms with Crippen LogP contribution >= 0.6 is 0 Å². The fourth-order valence-corrected chi connectivity index (χ4v) is 2.04. The molecule has 6 nitrogen and oxygen atoms in total. The molecule has 0 saturated heterocycles. The highest BCUT2D eigenvalue weighted by molar-refractivity contribution is 5.90. The van der Waals surface area contributed by atoms with Gasteiger partial charge in [0.05, 0.1) is 0 Å². The van der Waals surface area contributed by atoms with Gasteiger partial charge in [-0.25, -0.2) is 9.78 Å². The van der Waals surface area contributed by atoms with E-state index >= 15 is 0 Å². The van der Waals surface area contributed by atoms with E-state index in [1.54, 1.807) is 6.92 Å². The summed E-state index contributed by atoms with van der Waals surface area (Å²) in [5.41, 5.74) is 0.856. The Hall–Kier alpha value is -2.63. The van der Waals surface area contributed by atoms with Gasteiger partial charge >= 0.3 is 5.97 Å². The molecule has 0 radical (unpaired) electrons. The average Bonchev–Trinajstić information content (AvgIpc) is 2.95. The van der Waals surface area contributed by atoms with E-state index in [1.807, 2.05) is 30.3 Å². The summed E-state index contributed by atoms with van der Waals surface area (Å²) in [5.74, 6) is 0.216. The number of benzene rings is 1. The Morgan fingerprint density at radius 3 is 2.62 bits per heavy atom. The topological polar surface area (TPSA) is 81.4 Å². The Bertz CT molecular complexity index is 692. The van der Waals surface area contributed by atoms with Gasteiger partial charge < -0.3 is 14.5 Å². The smallest absolute Gasteiger partial charge is 0.361 e. The molecule has 1 N–H and O–H groups in total. The van der Waals surface area contributed by atoms with E-state index in [9.17, 15) is 9.59 Å². The number of oxazole rings is 1. The highest BCUT2D eigenvalue weighted by Crippen LogP contribution is 2.21. The maximum atomic E-state index is 12.1. The summed E-state index contributed by atoms with van der Waals surface area (Å²) in [4.78, 5) is 27.9. The van der Waals surface area contributed by atoms with Crippen LogP contribution in [0.15, 0.2) is 34.7 Å². The van der Waals surface area contributed by atoms with Crippen LogP contribution in [0.4, 0.5) is 0 Å². The molecular weight excluding hydrogens is 308 g/mol. The lowest BCUT2D eigenvalue weighted by Crippen LogP contribution is -2.30. The molecule has 2 aromatic rings. The highest BCUT2D eigenvalue weighted by atomic mass is 16.5. The van der Waals surface area contributed by atoms with Crippen LogP contribution in [0.25, 0.3) is 11.5 Å². The van der Waals surface area contributed by atoms with Crippen molar-refractivity contribution in [2.45, 2.75) is 27.2 Å². The summed E-state index contributed by atoms with van der Waals surface area (Å²) in [6.07, 6.45) is 0.877. The molecule has 0 aliphatic rings. The number of esters is 1. The molecule has 0 spiro atoms. The van der Waals surface area contributed by atoms with Crippen molar-refractivity contribution in [2.24, 2.45) is 5.92 Å². The van der Waals surface area contributed by atoms with Crippen LogP contribution < -0.4 is 5.32 Å². The van der Waals surface area contributed by atoms with Crippen LogP contribution in [-0.4, -0.2) is 30.0 Å². The van der Waals surface area contributed by atoms with Crippen molar-refractivity contribution >= 4 is 11.9 Å². The number of aromatic nitrogens is 1. The van der Waals surface area contributed by atoms with E-state index < -0.39 is 5.97 Å². The lowest BCUT2D eigenvalue weighted by molar-refractivity contribution is -0.124. The largest absolute Gasteiger partial charge is 0.451 e. The molecule has 0 aliphatic heterocycles. The Balaban J connectivity index is 1.91. The van der Waals surface area contributed by atoms with Gasteiger partial charge in [-0.1, -0.05) is 32.0 Å². The zero-order chi connectivity index (χ0) is 17.5. The molecule has 1 amide bonds. The first-order valence-corrected chi connectivity index (χ1v) is 7.94. The Labute approximate surface area is 141 Å². The second-order valence-corrected chi connectivity index (χ2v) is 5.90. The third kappa shape index (κ3) is 4.94. The van der Waals surface area contributed by atoms with Crippen LogP contribution in [-0.2, 0) is 9.53 Å². The number of ether oxygens (including phenoxy) is 1. The first-order valence-electron chi connectivity index (χ1n) is 7.94. The second kappa shape index (κ2) is 8.29. The summed E-state index contributed by atoms with van der Waals surface area (Å²) < 4.78 is 10.5. The number of amides is 1. The van der Waals surface area contributed by atoms with Crippen LogP contribution in [0.5, 0.6) is 0 Å². The van der Waals surface area contributed by atoms with Crippen molar-refractivity contribution in [3.05, 3.63) is 41.8 Å². The number of nitrogens with zero attached hydrogens (tertiary/aromatic N) is 1. The second-order valence-electron chi connectivity index (χ2n) is 5.90. The first-order chi connectivity index (χ1) is 11.5. The Kier molecular flexibility index (Phi) is 6.12. The summed E-state index contributed by atoms with van der Waals surface area (Å²) in [6.45, 7) is 6.02. The van der Waals surface area contributed by atoms with Crippen LogP contribution in [0.3, 0.4) is 0 Å². The van der Waals surface area contributed by atoms with E-state index in [1.165, 1.54) is 0 Å². The molecule has 0 fully saturated rings. The SMILES string of the molecule is Cc1oc(-c2ccccc2)nc1C(=O)OCC(=O)NCCC(C)C. The summed E-state index contributed by atoms with van der Waals surface area (Å²) >= 11 is 0. The molecular formula is C18H22N2O4. The van der Waals surface area contributed by atoms with Crippen molar-refractivity contribution in [3.8, 4) is 11.5 Å². The van der Waals surface area contributed by atoms with Crippen molar-refractivity contribution < 1.29 is 18.7 Å². The number of aryl methyl sites for hydroxylation is 1. The van der Waals surface area contributed by atoms with Crippen LogP contribution in [0.2, 0.25) is 0 Å². The number of hydrogen-bond donors (Lipinski definition) is 1. The summed E-state index contributed by atoms with van der Waals surface area (Å²) in [6, 6.07) is 9.26. The molecule has 1 aromatic carbocycles. The minimum Gasteiger partial charge on any atom is -0.451 e. The van der Waals surface area contributed by atoms with Crippen LogP contribution in [0.1, 0.15) is 36.5 Å². The van der Waals surface area contributed by atoms with Gasteiger partial charge in [0.25, 0.3) is 5.91 Å². The van der Waals surface area contributed by atoms with E-state index in [2.05, 4.69) is 24.1 Å². The molecule has 0 bridgehead atoms. The summed E-state index contributed by atoms with van der Waals surface area (Å²) in [5, 5.41) is 2.71. The maximum Gasteiger partial charge on any atom is 0.361 e. The highest BCUT2D eigenvalue weighted by Gasteiger charge is 2.20. The molecule has 0 saturated carbocycles. The fraction of sp³-hybridized carbons (Fsp3) is 0.389. The van der Waals surface area contributed by atoms with Gasteiger partial charge in [0.15, 0.2) is 12.3 Å². The zero-order valence-corrected chi connectivity index (χ0v) is 14.2. The van der Waals surface area contributed by atoms with Crippen molar-refractivity contribution in [1.82, 2.24) is 10.3 Å². The quantitative estimate of drug-likeness (QED) is 0.789. The standard InChI is InChI=1S/C18H22N2O4/c1-12(2)9-10-19-15(21)11-23-18(22)16-13(3)24-17(20-16)14-7-5-4-6-8-14/h4-8,12H,9-11H2,1-3H3,(H,19,21).